The Morgan fingerprint density at radius 2 is 1.92 bits per heavy atom. The van der Waals surface area contributed by atoms with Gasteiger partial charge in [-0.3, -0.25) is 4.79 Å². The van der Waals surface area contributed by atoms with Gasteiger partial charge >= 0.3 is 5.97 Å². The van der Waals surface area contributed by atoms with Crippen molar-refractivity contribution < 1.29 is 14.7 Å². The minimum absolute atomic E-state index is 0.00135. The average Bonchev–Trinajstić information content (AvgIpc) is 3.35. The lowest BCUT2D eigenvalue weighted by molar-refractivity contribution is -0.117. The Morgan fingerprint density at radius 1 is 1.17 bits per heavy atom. The molecule has 2 N–H and O–H groups in total. The Hall–Kier alpha value is -2.87. The molecular weight excluding hydrogens is 328 g/mol. The summed E-state index contributed by atoms with van der Waals surface area (Å²) in [6.45, 7) is 0. The van der Waals surface area contributed by atoms with E-state index < -0.39 is 5.97 Å². The number of thiazole rings is 1. The molecule has 120 valence electrons. The average molecular weight is 340 g/mol. The monoisotopic (exact) mass is 340 g/mol. The second-order valence-electron chi connectivity index (χ2n) is 5.55. The predicted molar refractivity (Wildman–Crippen MR) is 89.0 cm³/mol. The van der Waals surface area contributed by atoms with Crippen LogP contribution in [0.5, 0.6) is 0 Å². The second-order valence-corrected chi connectivity index (χ2v) is 6.53. The molecule has 1 amide bonds. The lowest BCUT2D eigenvalue weighted by Gasteiger charge is -2.00. The number of fused-ring (bicyclic) bond motifs is 1. The maximum atomic E-state index is 11.8. The van der Waals surface area contributed by atoms with Crippen LogP contribution < -0.4 is 5.32 Å². The topological polar surface area (TPSA) is 105 Å². The van der Waals surface area contributed by atoms with Crippen molar-refractivity contribution in [1.82, 2.24) is 15.0 Å². The van der Waals surface area contributed by atoms with Gasteiger partial charge in [-0.05, 0) is 25.0 Å². The van der Waals surface area contributed by atoms with E-state index in [2.05, 4.69) is 20.3 Å². The fraction of sp³-hybridized carbons (Fsp3) is 0.188. The number of hydrogen-bond acceptors (Lipinski definition) is 6. The Balaban J connectivity index is 1.62. The number of carboxylic acids is 1. The number of rotatable bonds is 4. The lowest BCUT2D eigenvalue weighted by Crippen LogP contribution is -2.12. The first kappa shape index (κ1) is 14.7. The van der Waals surface area contributed by atoms with Crippen LogP contribution in [0.4, 0.5) is 5.13 Å². The number of carbonyl (C=O) groups is 2. The van der Waals surface area contributed by atoms with Crippen LogP contribution in [0.1, 0.15) is 23.2 Å². The van der Waals surface area contributed by atoms with E-state index in [4.69, 9.17) is 5.11 Å². The standard InChI is InChI=1S/C16H12N4O3S/c21-13(9-3-4-9)20-16-19-12-14(24-16)18-11(7-17-12)8-1-5-10(6-2-8)15(22)23/h1-2,5-7,9H,3-4H2,(H,22,23)(H,17,19,20,21). The van der Waals surface area contributed by atoms with E-state index in [1.165, 1.54) is 23.5 Å². The summed E-state index contributed by atoms with van der Waals surface area (Å²) in [6, 6.07) is 6.43. The van der Waals surface area contributed by atoms with Gasteiger partial charge in [0.1, 0.15) is 0 Å². The van der Waals surface area contributed by atoms with Gasteiger partial charge in [-0.1, -0.05) is 23.5 Å². The molecule has 7 nitrogen and oxygen atoms in total. The zero-order valence-electron chi connectivity index (χ0n) is 12.4. The van der Waals surface area contributed by atoms with Crippen LogP contribution in [0.3, 0.4) is 0 Å². The molecular formula is C16H12N4O3S. The van der Waals surface area contributed by atoms with E-state index in [1.54, 1.807) is 18.3 Å². The molecule has 0 radical (unpaired) electrons. The van der Waals surface area contributed by atoms with Crippen molar-refractivity contribution in [2.45, 2.75) is 12.8 Å². The number of hydrogen-bond donors (Lipinski definition) is 2. The van der Waals surface area contributed by atoms with E-state index >= 15 is 0 Å². The first-order valence-electron chi connectivity index (χ1n) is 7.38. The van der Waals surface area contributed by atoms with Crippen LogP contribution in [0.2, 0.25) is 0 Å². The Bertz CT molecular complexity index is 948. The lowest BCUT2D eigenvalue weighted by atomic mass is 10.1. The number of amides is 1. The highest BCUT2D eigenvalue weighted by molar-refractivity contribution is 7.21. The van der Waals surface area contributed by atoms with Crippen molar-refractivity contribution >= 4 is 38.8 Å². The Labute approximate surface area is 140 Å². The predicted octanol–water partition coefficient (Wildman–Crippen LogP) is 2.80. The molecule has 4 rings (SSSR count). The Morgan fingerprint density at radius 3 is 2.58 bits per heavy atom. The number of aromatic carboxylic acids is 1. The molecule has 0 bridgehead atoms. The van der Waals surface area contributed by atoms with Crippen LogP contribution in [0, 0.1) is 5.92 Å². The van der Waals surface area contributed by atoms with Gasteiger partial charge in [-0.2, -0.15) is 4.98 Å². The van der Waals surface area contributed by atoms with Crippen molar-refractivity contribution in [3.8, 4) is 11.3 Å². The van der Waals surface area contributed by atoms with Crippen LogP contribution in [0.25, 0.3) is 21.7 Å². The van der Waals surface area contributed by atoms with Crippen LogP contribution in [-0.4, -0.2) is 31.9 Å². The zero-order valence-corrected chi connectivity index (χ0v) is 13.2. The van der Waals surface area contributed by atoms with Gasteiger partial charge in [0.25, 0.3) is 0 Å². The summed E-state index contributed by atoms with van der Waals surface area (Å²) in [5, 5.41) is 12.2. The third kappa shape index (κ3) is 2.83. The SMILES string of the molecule is O=C(O)c1ccc(-c2cnc3nc(NC(=O)C4CC4)sc3n2)cc1. The second kappa shape index (κ2) is 5.64. The highest BCUT2D eigenvalue weighted by Crippen LogP contribution is 2.32. The quantitative estimate of drug-likeness (QED) is 0.756. The molecule has 24 heavy (non-hydrogen) atoms. The molecule has 3 aromatic rings. The maximum Gasteiger partial charge on any atom is 0.335 e. The van der Waals surface area contributed by atoms with Crippen molar-refractivity contribution in [3.63, 3.8) is 0 Å². The summed E-state index contributed by atoms with van der Waals surface area (Å²) >= 11 is 1.28. The fourth-order valence-electron chi connectivity index (χ4n) is 2.25. The van der Waals surface area contributed by atoms with Gasteiger partial charge in [-0.25, -0.2) is 14.8 Å². The van der Waals surface area contributed by atoms with Gasteiger partial charge in [0.2, 0.25) is 5.91 Å². The van der Waals surface area contributed by atoms with Crippen molar-refractivity contribution in [3.05, 3.63) is 36.0 Å². The highest BCUT2D eigenvalue weighted by Gasteiger charge is 2.30. The first-order valence-corrected chi connectivity index (χ1v) is 8.20. The maximum absolute atomic E-state index is 11.8. The van der Waals surface area contributed by atoms with Crippen LogP contribution in [-0.2, 0) is 4.79 Å². The molecule has 1 aliphatic rings. The highest BCUT2D eigenvalue weighted by atomic mass is 32.1. The van der Waals surface area contributed by atoms with Crippen LogP contribution in [0.15, 0.2) is 30.5 Å². The Kier molecular flexibility index (Phi) is 3.46. The largest absolute Gasteiger partial charge is 0.478 e. The molecule has 1 aliphatic carbocycles. The van der Waals surface area contributed by atoms with Gasteiger partial charge in [0.05, 0.1) is 17.5 Å². The summed E-state index contributed by atoms with van der Waals surface area (Å²) in [4.78, 5) is 36.4. The van der Waals surface area contributed by atoms with Crippen LogP contribution >= 0.6 is 11.3 Å². The van der Waals surface area contributed by atoms with E-state index in [9.17, 15) is 9.59 Å². The van der Waals surface area contributed by atoms with Gasteiger partial charge in [-0.15, -0.1) is 0 Å². The number of anilines is 1. The molecule has 2 heterocycles. The summed E-state index contributed by atoms with van der Waals surface area (Å²) in [7, 11) is 0. The van der Waals surface area contributed by atoms with Gasteiger partial charge < -0.3 is 10.4 Å². The normalized spacial score (nSPS) is 13.8. The smallest absolute Gasteiger partial charge is 0.335 e. The zero-order chi connectivity index (χ0) is 16.7. The van der Waals surface area contributed by atoms with Gasteiger partial charge in [0.15, 0.2) is 15.6 Å². The molecule has 0 atom stereocenters. The molecule has 1 fully saturated rings. The van der Waals surface area contributed by atoms with Crippen molar-refractivity contribution in [2.24, 2.45) is 5.92 Å². The number of carbonyl (C=O) groups excluding carboxylic acids is 1. The van der Waals surface area contributed by atoms with Crippen molar-refractivity contribution in [1.29, 1.82) is 0 Å². The third-order valence-electron chi connectivity index (χ3n) is 3.73. The molecule has 0 spiro atoms. The molecule has 0 saturated heterocycles. The van der Waals surface area contributed by atoms with Gasteiger partial charge in [0, 0.05) is 11.5 Å². The van der Waals surface area contributed by atoms with E-state index in [0.29, 0.717) is 21.3 Å². The minimum Gasteiger partial charge on any atom is -0.478 e. The summed E-state index contributed by atoms with van der Waals surface area (Å²) in [6.07, 6.45) is 3.46. The number of nitrogens with one attached hydrogen (secondary N) is 1. The molecule has 0 aliphatic heterocycles. The number of benzene rings is 1. The fourth-order valence-corrected chi connectivity index (χ4v) is 3.05. The third-order valence-corrected chi connectivity index (χ3v) is 4.58. The number of aromatic nitrogens is 3. The summed E-state index contributed by atoms with van der Waals surface area (Å²) in [5.41, 5.74) is 2.10. The molecule has 1 aromatic carbocycles. The van der Waals surface area contributed by atoms with Crippen molar-refractivity contribution in [2.75, 3.05) is 5.32 Å². The number of carboxylic acid groups (broad SMARTS) is 1. The van der Waals surface area contributed by atoms with E-state index in [-0.39, 0.29) is 17.4 Å². The summed E-state index contributed by atoms with van der Waals surface area (Å²) < 4.78 is 0. The van der Waals surface area contributed by atoms with E-state index in [1.807, 2.05) is 0 Å². The molecule has 8 heteroatoms. The molecule has 1 saturated carbocycles. The molecule has 2 aromatic heterocycles. The first-order chi connectivity index (χ1) is 11.6. The minimum atomic E-state index is -0.971. The summed E-state index contributed by atoms with van der Waals surface area (Å²) in [5.74, 6) is -0.860. The molecule has 0 unspecified atom stereocenters. The van der Waals surface area contributed by atoms with E-state index in [0.717, 1.165) is 18.4 Å². The number of nitrogens with zero attached hydrogens (tertiary/aromatic N) is 3.